The molecule has 0 atom stereocenters. The second kappa shape index (κ2) is 8.67. The molecule has 0 unspecified atom stereocenters. The van der Waals surface area contributed by atoms with Gasteiger partial charge in [0.1, 0.15) is 17.0 Å². The first-order valence-corrected chi connectivity index (χ1v) is 10.0. The van der Waals surface area contributed by atoms with E-state index < -0.39 is 0 Å². The molecule has 0 aliphatic carbocycles. The predicted octanol–water partition coefficient (Wildman–Crippen LogP) is 6.62. The van der Waals surface area contributed by atoms with Gasteiger partial charge in [-0.15, -0.1) is 0 Å². The van der Waals surface area contributed by atoms with Gasteiger partial charge in [-0.25, -0.2) is 4.99 Å². The maximum Gasteiger partial charge on any atom is 0.154 e. The standard InChI is InChI=1S/C27H23N3O/c1-3-9-19(10-4-2)26(28)30-27(29)20-15-16-22-24(17-20)31-23-14-8-13-21(25(22)23)18-11-6-5-7-12-18/h3-17H,1H2,2H3,(H3,28,29,30)/b10-4-,19-9+. The van der Waals surface area contributed by atoms with E-state index in [0.29, 0.717) is 16.7 Å². The number of nitrogens with two attached hydrogens (primary N) is 1. The van der Waals surface area contributed by atoms with Gasteiger partial charge in [0.2, 0.25) is 0 Å². The lowest BCUT2D eigenvalue weighted by Gasteiger charge is -2.04. The highest BCUT2D eigenvalue weighted by Gasteiger charge is 2.14. The molecule has 0 bridgehead atoms. The highest BCUT2D eigenvalue weighted by molar-refractivity contribution is 6.15. The van der Waals surface area contributed by atoms with E-state index in [1.165, 1.54) is 0 Å². The fourth-order valence-corrected chi connectivity index (χ4v) is 3.61. The normalized spacial score (nSPS) is 12.7. The molecule has 4 heteroatoms. The van der Waals surface area contributed by atoms with Gasteiger partial charge in [0.05, 0.1) is 0 Å². The Kier molecular flexibility index (Phi) is 5.63. The Bertz CT molecular complexity index is 1370. The topological polar surface area (TPSA) is 75.4 Å². The summed E-state index contributed by atoms with van der Waals surface area (Å²) in [7, 11) is 0. The largest absolute Gasteiger partial charge is 0.456 e. The third-order valence-corrected chi connectivity index (χ3v) is 5.03. The zero-order valence-corrected chi connectivity index (χ0v) is 17.3. The second-order valence-corrected chi connectivity index (χ2v) is 7.06. The number of amidine groups is 2. The van der Waals surface area contributed by atoms with Crippen molar-refractivity contribution in [3.8, 4) is 11.1 Å². The number of rotatable bonds is 5. The molecule has 0 radical (unpaired) electrons. The van der Waals surface area contributed by atoms with Crippen molar-refractivity contribution in [2.24, 2.45) is 10.7 Å². The lowest BCUT2D eigenvalue weighted by Crippen LogP contribution is -2.16. The zero-order valence-electron chi connectivity index (χ0n) is 17.3. The van der Waals surface area contributed by atoms with Gasteiger partial charge in [-0.05, 0) is 36.2 Å². The molecule has 0 fully saturated rings. The summed E-state index contributed by atoms with van der Waals surface area (Å²) in [6.45, 7) is 5.60. The first-order chi connectivity index (χ1) is 15.1. The quantitative estimate of drug-likeness (QED) is 0.222. The summed E-state index contributed by atoms with van der Waals surface area (Å²) >= 11 is 0. The Morgan fingerprint density at radius 3 is 2.58 bits per heavy atom. The van der Waals surface area contributed by atoms with Crippen LogP contribution in [0.15, 0.2) is 113 Å². The Morgan fingerprint density at radius 1 is 1.03 bits per heavy atom. The molecular formula is C27H23N3O. The third-order valence-electron chi connectivity index (χ3n) is 5.03. The van der Waals surface area contributed by atoms with Gasteiger partial charge in [-0.1, -0.05) is 79.4 Å². The van der Waals surface area contributed by atoms with Crippen molar-refractivity contribution in [1.82, 2.24) is 0 Å². The minimum absolute atomic E-state index is 0.0719. The van der Waals surface area contributed by atoms with E-state index in [-0.39, 0.29) is 11.7 Å². The zero-order chi connectivity index (χ0) is 21.8. The van der Waals surface area contributed by atoms with Crippen molar-refractivity contribution in [3.63, 3.8) is 0 Å². The van der Waals surface area contributed by atoms with Gasteiger partial charge in [0.25, 0.3) is 0 Å². The fraction of sp³-hybridized carbons (Fsp3) is 0.0370. The van der Waals surface area contributed by atoms with E-state index >= 15 is 0 Å². The molecule has 3 N–H and O–H groups in total. The highest BCUT2D eigenvalue weighted by atomic mass is 16.3. The van der Waals surface area contributed by atoms with Crippen LogP contribution in [0.3, 0.4) is 0 Å². The molecule has 31 heavy (non-hydrogen) atoms. The summed E-state index contributed by atoms with van der Waals surface area (Å²) in [5.41, 5.74) is 11.2. The third kappa shape index (κ3) is 3.96. The molecule has 1 aromatic heterocycles. The minimum Gasteiger partial charge on any atom is -0.456 e. The second-order valence-electron chi connectivity index (χ2n) is 7.06. The van der Waals surface area contributed by atoms with Crippen molar-refractivity contribution in [1.29, 1.82) is 5.41 Å². The number of furan rings is 1. The number of aliphatic imine (C=N–C) groups is 1. The smallest absolute Gasteiger partial charge is 0.154 e. The lowest BCUT2D eigenvalue weighted by molar-refractivity contribution is 0.669. The predicted molar refractivity (Wildman–Crippen MR) is 131 cm³/mol. The van der Waals surface area contributed by atoms with E-state index in [9.17, 15) is 0 Å². The van der Waals surface area contributed by atoms with Crippen molar-refractivity contribution in [3.05, 3.63) is 109 Å². The number of fused-ring (bicyclic) bond motifs is 3. The Labute approximate surface area is 181 Å². The minimum atomic E-state index is 0.0719. The molecular weight excluding hydrogens is 382 g/mol. The summed E-state index contributed by atoms with van der Waals surface area (Å²) in [5.74, 6) is 0.335. The van der Waals surface area contributed by atoms with Crippen molar-refractivity contribution in [2.45, 2.75) is 6.92 Å². The van der Waals surface area contributed by atoms with Crippen LogP contribution in [0.2, 0.25) is 0 Å². The van der Waals surface area contributed by atoms with Crippen LogP contribution in [-0.2, 0) is 0 Å². The summed E-state index contributed by atoms with van der Waals surface area (Å²) in [6.07, 6.45) is 7.11. The molecule has 4 rings (SSSR count). The summed E-state index contributed by atoms with van der Waals surface area (Å²) < 4.78 is 6.12. The molecule has 0 aliphatic heterocycles. The van der Waals surface area contributed by atoms with Crippen LogP contribution >= 0.6 is 0 Å². The molecule has 0 saturated carbocycles. The summed E-state index contributed by atoms with van der Waals surface area (Å²) in [5, 5.41) is 10.5. The lowest BCUT2D eigenvalue weighted by atomic mass is 9.99. The first-order valence-electron chi connectivity index (χ1n) is 10.0. The summed E-state index contributed by atoms with van der Waals surface area (Å²) in [6, 6.07) is 22.0. The van der Waals surface area contributed by atoms with E-state index in [1.807, 2.05) is 67.6 Å². The molecule has 152 valence electrons. The average Bonchev–Trinajstić information content (AvgIpc) is 3.17. The number of nitrogens with one attached hydrogen (secondary N) is 1. The molecule has 0 spiro atoms. The molecule has 1 heterocycles. The van der Waals surface area contributed by atoms with E-state index in [4.69, 9.17) is 15.6 Å². The van der Waals surface area contributed by atoms with Crippen LogP contribution in [0.25, 0.3) is 33.1 Å². The van der Waals surface area contributed by atoms with Gasteiger partial charge in [-0.2, -0.15) is 0 Å². The number of benzene rings is 3. The van der Waals surface area contributed by atoms with Crippen LogP contribution in [0.5, 0.6) is 0 Å². The maximum absolute atomic E-state index is 8.42. The van der Waals surface area contributed by atoms with Crippen molar-refractivity contribution in [2.75, 3.05) is 0 Å². The van der Waals surface area contributed by atoms with Crippen LogP contribution in [-0.4, -0.2) is 11.7 Å². The van der Waals surface area contributed by atoms with E-state index in [1.54, 1.807) is 12.2 Å². The molecule has 4 nitrogen and oxygen atoms in total. The Morgan fingerprint density at radius 2 is 1.84 bits per heavy atom. The van der Waals surface area contributed by atoms with Crippen LogP contribution in [0.1, 0.15) is 12.5 Å². The van der Waals surface area contributed by atoms with E-state index in [0.717, 1.165) is 27.5 Å². The van der Waals surface area contributed by atoms with Crippen molar-refractivity contribution < 1.29 is 4.42 Å². The van der Waals surface area contributed by atoms with Gasteiger partial charge >= 0.3 is 0 Å². The number of nitrogens with zero attached hydrogens (tertiary/aromatic N) is 1. The molecule has 0 saturated heterocycles. The van der Waals surface area contributed by atoms with Crippen LogP contribution in [0, 0.1) is 5.41 Å². The molecule has 4 aromatic rings. The first kappa shape index (κ1) is 20.1. The van der Waals surface area contributed by atoms with Crippen LogP contribution < -0.4 is 5.73 Å². The van der Waals surface area contributed by atoms with Gasteiger partial charge in [0.15, 0.2) is 5.84 Å². The molecule has 0 amide bonds. The SMILES string of the molecule is C=C/C=C(\C=C/C)C(N)=NC(=N)c1ccc2c(c1)oc1cccc(-c3ccccc3)c12. The number of hydrogen-bond donors (Lipinski definition) is 2. The van der Waals surface area contributed by atoms with Gasteiger partial charge in [-0.3, -0.25) is 5.41 Å². The fourth-order valence-electron chi connectivity index (χ4n) is 3.61. The number of allylic oxidation sites excluding steroid dienone is 3. The summed E-state index contributed by atoms with van der Waals surface area (Å²) in [4.78, 5) is 4.28. The van der Waals surface area contributed by atoms with Crippen LogP contribution in [0.4, 0.5) is 0 Å². The molecule has 3 aromatic carbocycles. The Hall–Kier alpha value is -4.18. The van der Waals surface area contributed by atoms with Gasteiger partial charge < -0.3 is 10.2 Å². The average molecular weight is 406 g/mol. The maximum atomic E-state index is 8.42. The molecule has 0 aliphatic rings. The highest BCUT2D eigenvalue weighted by Crippen LogP contribution is 2.36. The Balaban J connectivity index is 1.78. The van der Waals surface area contributed by atoms with E-state index in [2.05, 4.69) is 29.8 Å². The van der Waals surface area contributed by atoms with Gasteiger partial charge in [0, 0.05) is 21.9 Å². The van der Waals surface area contributed by atoms with Crippen molar-refractivity contribution >= 4 is 33.6 Å². The number of hydrogen-bond acceptors (Lipinski definition) is 2. The monoisotopic (exact) mass is 405 g/mol.